The van der Waals surface area contributed by atoms with Gasteiger partial charge in [-0.15, -0.1) is 0 Å². The molecule has 15 heavy (non-hydrogen) atoms. The van der Waals surface area contributed by atoms with Crippen LogP contribution >= 0.6 is 0 Å². The van der Waals surface area contributed by atoms with Crippen LogP contribution in [0.2, 0.25) is 0 Å². The summed E-state index contributed by atoms with van der Waals surface area (Å²) in [6.45, 7) is 2.94. The first kappa shape index (κ1) is 12.1. The zero-order valence-corrected chi connectivity index (χ0v) is 8.72. The van der Waals surface area contributed by atoms with Gasteiger partial charge in [0.2, 0.25) is 0 Å². The minimum atomic E-state index is -3.87. The molecule has 0 radical (unpaired) electrons. The van der Waals surface area contributed by atoms with Gasteiger partial charge in [-0.3, -0.25) is 0 Å². The third-order valence-electron chi connectivity index (χ3n) is 2.46. The minimum absolute atomic E-state index is 0.132. The monoisotopic (exact) mass is 220 g/mol. The molecule has 1 aliphatic carbocycles. The van der Waals surface area contributed by atoms with E-state index in [-0.39, 0.29) is 13.0 Å². The standard InChI is InChI=1S/C10H14F2O3/c1-3-15-8(13)10(11,12)9(14)5-4-7(2)6-9/h6,14H,3-5H2,1-2H3. The van der Waals surface area contributed by atoms with Gasteiger partial charge in [0.1, 0.15) is 0 Å². The zero-order valence-electron chi connectivity index (χ0n) is 8.72. The Hall–Kier alpha value is -0.970. The van der Waals surface area contributed by atoms with Gasteiger partial charge in [0, 0.05) is 0 Å². The Labute approximate surface area is 86.7 Å². The van der Waals surface area contributed by atoms with Crippen LogP contribution in [0.5, 0.6) is 0 Å². The summed E-state index contributed by atoms with van der Waals surface area (Å²) < 4.78 is 31.2. The predicted octanol–water partition coefficient (Wildman–Crippen LogP) is 1.66. The van der Waals surface area contributed by atoms with Gasteiger partial charge in [0.15, 0.2) is 5.60 Å². The molecule has 86 valence electrons. The number of carbonyl (C=O) groups excluding carboxylic acids is 1. The van der Waals surface area contributed by atoms with Crippen LogP contribution in [0.3, 0.4) is 0 Å². The lowest BCUT2D eigenvalue weighted by molar-refractivity contribution is -0.202. The molecule has 1 N–H and O–H groups in total. The van der Waals surface area contributed by atoms with Gasteiger partial charge in [-0.05, 0) is 32.8 Å². The number of carbonyl (C=O) groups is 1. The molecule has 1 rings (SSSR count). The summed E-state index contributed by atoms with van der Waals surface area (Å²) in [5, 5.41) is 9.66. The first-order valence-corrected chi connectivity index (χ1v) is 4.79. The summed E-state index contributed by atoms with van der Waals surface area (Å²) >= 11 is 0. The highest BCUT2D eigenvalue weighted by atomic mass is 19.3. The molecule has 5 heteroatoms. The summed E-state index contributed by atoms with van der Waals surface area (Å²) in [5.74, 6) is -5.54. The number of aliphatic hydroxyl groups is 1. The Bertz CT molecular complexity index is 299. The fraction of sp³-hybridized carbons (Fsp3) is 0.700. The second kappa shape index (κ2) is 3.89. The molecule has 3 nitrogen and oxygen atoms in total. The van der Waals surface area contributed by atoms with Crippen molar-refractivity contribution in [1.82, 2.24) is 0 Å². The predicted molar refractivity (Wildman–Crippen MR) is 49.5 cm³/mol. The summed E-state index contributed by atoms with van der Waals surface area (Å²) in [6.07, 6.45) is 1.26. The normalized spacial score (nSPS) is 26.3. The number of allylic oxidation sites excluding steroid dienone is 1. The van der Waals surface area contributed by atoms with Crippen molar-refractivity contribution in [3.05, 3.63) is 11.6 Å². The van der Waals surface area contributed by atoms with E-state index in [4.69, 9.17) is 0 Å². The molecule has 0 spiro atoms. The number of hydrogen-bond donors (Lipinski definition) is 1. The second-order valence-electron chi connectivity index (χ2n) is 3.71. The third-order valence-corrected chi connectivity index (χ3v) is 2.46. The average Bonchev–Trinajstić information content (AvgIpc) is 2.48. The van der Waals surface area contributed by atoms with Crippen molar-refractivity contribution in [3.8, 4) is 0 Å². The smallest absolute Gasteiger partial charge is 0.380 e. The van der Waals surface area contributed by atoms with E-state index in [9.17, 15) is 18.7 Å². The quantitative estimate of drug-likeness (QED) is 0.581. The van der Waals surface area contributed by atoms with E-state index >= 15 is 0 Å². The van der Waals surface area contributed by atoms with Crippen LogP contribution in [0.15, 0.2) is 11.6 Å². The van der Waals surface area contributed by atoms with E-state index in [1.54, 1.807) is 6.92 Å². The van der Waals surface area contributed by atoms with E-state index < -0.39 is 17.5 Å². The second-order valence-corrected chi connectivity index (χ2v) is 3.71. The molecule has 0 saturated carbocycles. The Kier molecular flexibility index (Phi) is 3.13. The van der Waals surface area contributed by atoms with Gasteiger partial charge in [-0.1, -0.05) is 5.57 Å². The van der Waals surface area contributed by atoms with Gasteiger partial charge in [0.05, 0.1) is 6.61 Å². The molecule has 0 saturated heterocycles. The Morgan fingerprint density at radius 3 is 2.73 bits per heavy atom. The Morgan fingerprint density at radius 2 is 2.33 bits per heavy atom. The molecule has 1 unspecified atom stereocenters. The SMILES string of the molecule is CCOC(=O)C(F)(F)C1(O)C=C(C)CC1. The summed E-state index contributed by atoms with van der Waals surface area (Å²) in [4.78, 5) is 11.0. The van der Waals surface area contributed by atoms with E-state index in [1.807, 2.05) is 0 Å². The van der Waals surface area contributed by atoms with Crippen molar-refractivity contribution < 1.29 is 23.4 Å². The zero-order chi connectivity index (χ0) is 11.7. The van der Waals surface area contributed by atoms with Crippen molar-refractivity contribution >= 4 is 5.97 Å². The van der Waals surface area contributed by atoms with Crippen molar-refractivity contribution in [2.24, 2.45) is 0 Å². The largest absolute Gasteiger partial charge is 0.461 e. The van der Waals surface area contributed by atoms with E-state index in [1.165, 1.54) is 6.92 Å². The molecule has 0 fully saturated rings. The van der Waals surface area contributed by atoms with Crippen LogP contribution in [0.4, 0.5) is 8.78 Å². The molecule has 0 bridgehead atoms. The molecule has 0 heterocycles. The number of rotatable bonds is 3. The van der Waals surface area contributed by atoms with Crippen LogP contribution in [-0.4, -0.2) is 29.2 Å². The molecule has 1 atom stereocenters. The van der Waals surface area contributed by atoms with E-state index in [0.29, 0.717) is 12.0 Å². The van der Waals surface area contributed by atoms with Crippen molar-refractivity contribution in [2.75, 3.05) is 6.61 Å². The molecule has 0 aromatic heterocycles. The third kappa shape index (κ3) is 2.02. The molecule has 0 amide bonds. The lowest BCUT2D eigenvalue weighted by Crippen LogP contribution is -2.51. The van der Waals surface area contributed by atoms with E-state index in [2.05, 4.69) is 4.74 Å². The van der Waals surface area contributed by atoms with Crippen LogP contribution in [0.1, 0.15) is 26.7 Å². The molecular formula is C10H14F2O3. The summed E-state index contributed by atoms with van der Waals surface area (Å²) in [5.41, 5.74) is -1.73. The van der Waals surface area contributed by atoms with Gasteiger partial charge < -0.3 is 9.84 Å². The fourth-order valence-corrected chi connectivity index (χ4v) is 1.59. The number of alkyl halides is 2. The lowest BCUT2D eigenvalue weighted by atomic mass is 9.95. The molecule has 0 aromatic rings. The van der Waals surface area contributed by atoms with Crippen LogP contribution in [0.25, 0.3) is 0 Å². The Balaban J connectivity index is 2.90. The van der Waals surface area contributed by atoms with Gasteiger partial charge in [-0.2, -0.15) is 8.78 Å². The van der Waals surface area contributed by atoms with Crippen molar-refractivity contribution in [3.63, 3.8) is 0 Å². The first-order valence-electron chi connectivity index (χ1n) is 4.79. The lowest BCUT2D eigenvalue weighted by Gasteiger charge is -2.28. The maximum atomic E-state index is 13.5. The summed E-state index contributed by atoms with van der Waals surface area (Å²) in [6, 6.07) is 0. The van der Waals surface area contributed by atoms with E-state index in [0.717, 1.165) is 6.08 Å². The van der Waals surface area contributed by atoms with Crippen molar-refractivity contribution in [1.29, 1.82) is 0 Å². The van der Waals surface area contributed by atoms with Gasteiger partial charge >= 0.3 is 11.9 Å². The average molecular weight is 220 g/mol. The number of halogens is 2. The maximum absolute atomic E-state index is 13.5. The number of esters is 1. The summed E-state index contributed by atoms with van der Waals surface area (Å²) in [7, 11) is 0. The topological polar surface area (TPSA) is 46.5 Å². The van der Waals surface area contributed by atoms with Crippen LogP contribution < -0.4 is 0 Å². The number of ether oxygens (including phenoxy) is 1. The highest BCUT2D eigenvalue weighted by Crippen LogP contribution is 2.40. The highest BCUT2D eigenvalue weighted by Gasteiger charge is 2.59. The Morgan fingerprint density at radius 1 is 1.73 bits per heavy atom. The maximum Gasteiger partial charge on any atom is 0.380 e. The molecule has 1 aliphatic rings. The van der Waals surface area contributed by atoms with Crippen LogP contribution in [-0.2, 0) is 9.53 Å². The molecular weight excluding hydrogens is 206 g/mol. The van der Waals surface area contributed by atoms with Crippen molar-refractivity contribution in [2.45, 2.75) is 38.2 Å². The van der Waals surface area contributed by atoms with Gasteiger partial charge in [-0.25, -0.2) is 4.79 Å². The fourth-order valence-electron chi connectivity index (χ4n) is 1.59. The molecule has 0 aromatic carbocycles. The highest BCUT2D eigenvalue weighted by molar-refractivity contribution is 5.80. The molecule has 0 aliphatic heterocycles. The van der Waals surface area contributed by atoms with Gasteiger partial charge in [0.25, 0.3) is 0 Å². The minimum Gasteiger partial charge on any atom is -0.461 e. The van der Waals surface area contributed by atoms with Crippen LogP contribution in [0, 0.1) is 0 Å². The number of hydrogen-bond acceptors (Lipinski definition) is 3. The first-order chi connectivity index (χ1) is 6.83.